The number of nitrogens with two attached hydrogens (primary N) is 1. The van der Waals surface area contributed by atoms with Gasteiger partial charge in [-0.1, -0.05) is 33.0 Å². The Bertz CT molecular complexity index is 363. The molecule has 1 aliphatic rings. The van der Waals surface area contributed by atoms with Crippen LogP contribution in [0.4, 0.5) is 0 Å². The summed E-state index contributed by atoms with van der Waals surface area (Å²) >= 11 is 0. The van der Waals surface area contributed by atoms with E-state index in [9.17, 15) is 14.7 Å². The lowest BCUT2D eigenvalue weighted by Gasteiger charge is -2.34. The largest absolute Gasteiger partial charge is 0.481 e. The van der Waals surface area contributed by atoms with Crippen LogP contribution in [0.3, 0.4) is 0 Å². The van der Waals surface area contributed by atoms with E-state index in [2.05, 4.69) is 5.32 Å². The number of rotatable bonds is 7. The summed E-state index contributed by atoms with van der Waals surface area (Å²) < 4.78 is 0. The average Bonchev–Trinajstić information content (AvgIpc) is 2.44. The predicted octanol–water partition coefficient (Wildman–Crippen LogP) is 1.18. The lowest BCUT2D eigenvalue weighted by atomic mass is 9.71. The van der Waals surface area contributed by atoms with Gasteiger partial charge in [-0.05, 0) is 30.6 Å². The number of hydrogen-bond acceptors (Lipinski definition) is 3. The first-order chi connectivity index (χ1) is 9.86. The summed E-state index contributed by atoms with van der Waals surface area (Å²) in [6.45, 7) is 4.18. The fourth-order valence-corrected chi connectivity index (χ4v) is 3.02. The molecule has 0 aromatic carbocycles. The van der Waals surface area contributed by atoms with Crippen molar-refractivity contribution in [3.05, 3.63) is 0 Å². The van der Waals surface area contributed by atoms with E-state index in [1.807, 2.05) is 13.8 Å². The number of carbonyl (C=O) groups is 2. The summed E-state index contributed by atoms with van der Waals surface area (Å²) in [4.78, 5) is 23.3. The molecule has 118 valence electrons. The summed E-state index contributed by atoms with van der Waals surface area (Å²) in [5, 5.41) is 12.2. The van der Waals surface area contributed by atoms with Crippen LogP contribution in [-0.2, 0) is 9.59 Å². The van der Waals surface area contributed by atoms with Crippen LogP contribution >= 0.6 is 0 Å². The van der Waals surface area contributed by atoms with E-state index in [0.717, 1.165) is 19.3 Å². The van der Waals surface area contributed by atoms with E-state index in [1.54, 1.807) is 0 Å². The molecule has 0 spiro atoms. The Hall–Kier alpha value is -1.04. The quantitative estimate of drug-likeness (QED) is 0.615. The van der Waals surface area contributed by atoms with Crippen molar-refractivity contribution in [2.24, 2.45) is 29.4 Å². The first-order valence-electron chi connectivity index (χ1n) is 7.83. The molecule has 4 atom stereocenters. The van der Waals surface area contributed by atoms with Crippen molar-refractivity contribution >= 4 is 19.7 Å². The maximum atomic E-state index is 11.9. The topological polar surface area (TPSA) is 92.4 Å². The minimum absolute atomic E-state index is 0.0140. The zero-order valence-electron chi connectivity index (χ0n) is 13.0. The number of carbonyl (C=O) groups excluding carboxylic acids is 1. The minimum atomic E-state index is -0.774. The molecule has 1 amide bonds. The lowest BCUT2D eigenvalue weighted by Crippen LogP contribution is -2.47. The highest BCUT2D eigenvalue weighted by Gasteiger charge is 2.35. The van der Waals surface area contributed by atoms with Crippen LogP contribution in [0.25, 0.3) is 0 Å². The summed E-state index contributed by atoms with van der Waals surface area (Å²) in [5.74, 6) is -0.922. The zero-order valence-corrected chi connectivity index (χ0v) is 13.0. The third kappa shape index (κ3) is 5.34. The normalized spacial score (nSPS) is 27.3. The van der Waals surface area contributed by atoms with Gasteiger partial charge in [0.2, 0.25) is 5.91 Å². The Labute approximate surface area is 128 Å². The third-order valence-electron chi connectivity index (χ3n) is 4.55. The second-order valence-electron chi connectivity index (χ2n) is 6.48. The molecule has 1 saturated carbocycles. The molecule has 0 saturated heterocycles. The van der Waals surface area contributed by atoms with Crippen LogP contribution in [0.5, 0.6) is 0 Å². The molecule has 0 unspecified atom stereocenters. The van der Waals surface area contributed by atoms with E-state index in [4.69, 9.17) is 13.6 Å². The molecule has 21 heavy (non-hydrogen) atoms. The molecule has 5 nitrogen and oxygen atoms in total. The van der Waals surface area contributed by atoms with Crippen LogP contribution in [0.15, 0.2) is 0 Å². The monoisotopic (exact) mass is 294 g/mol. The average molecular weight is 294 g/mol. The first-order valence-corrected chi connectivity index (χ1v) is 7.83. The van der Waals surface area contributed by atoms with Crippen molar-refractivity contribution in [3.63, 3.8) is 0 Å². The zero-order chi connectivity index (χ0) is 16.0. The van der Waals surface area contributed by atoms with Gasteiger partial charge in [-0.15, -0.1) is 0 Å². The van der Waals surface area contributed by atoms with Gasteiger partial charge in [-0.25, -0.2) is 0 Å². The highest BCUT2D eigenvalue weighted by Crippen LogP contribution is 2.36. The summed E-state index contributed by atoms with van der Waals surface area (Å²) in [6.07, 6.45) is 3.93. The molecule has 0 aromatic rings. The van der Waals surface area contributed by atoms with Crippen molar-refractivity contribution in [2.75, 3.05) is 6.54 Å². The minimum Gasteiger partial charge on any atom is -0.481 e. The molecule has 2 radical (unpaired) electrons. The molecule has 1 fully saturated rings. The fraction of sp³-hybridized carbons (Fsp3) is 0.867. The van der Waals surface area contributed by atoms with Gasteiger partial charge in [0.1, 0.15) is 0 Å². The molecule has 0 aromatic heterocycles. The summed E-state index contributed by atoms with van der Waals surface area (Å²) in [6, 6.07) is -0.540. The molecule has 6 heteroatoms. The number of nitrogens with one attached hydrogen (secondary N) is 1. The number of carboxylic acids is 1. The van der Waals surface area contributed by atoms with Crippen LogP contribution in [0.2, 0.25) is 6.32 Å². The highest BCUT2D eigenvalue weighted by molar-refractivity contribution is 6.08. The molecule has 1 rings (SSSR count). The van der Waals surface area contributed by atoms with Crippen molar-refractivity contribution < 1.29 is 14.7 Å². The number of carboxylic acid groups (broad SMARTS) is 1. The van der Waals surface area contributed by atoms with Crippen molar-refractivity contribution in [3.8, 4) is 0 Å². The summed E-state index contributed by atoms with van der Waals surface area (Å²) in [5.41, 5.74) is 5.79. The van der Waals surface area contributed by atoms with E-state index >= 15 is 0 Å². The Kier molecular flexibility index (Phi) is 7.22. The fourth-order valence-electron chi connectivity index (χ4n) is 3.02. The van der Waals surface area contributed by atoms with Crippen molar-refractivity contribution in [2.45, 2.75) is 51.9 Å². The Morgan fingerprint density at radius 1 is 1.38 bits per heavy atom. The Balaban J connectivity index is 2.53. The van der Waals surface area contributed by atoms with E-state index in [1.165, 1.54) is 0 Å². The highest BCUT2D eigenvalue weighted by atomic mass is 16.4. The SMILES string of the molecule is [B]CC[C@@H]1CC[C@H](CNC(=O)[C@@H](N)C(C)C)[C@@H](C(=O)O)C1. The van der Waals surface area contributed by atoms with E-state index in [0.29, 0.717) is 25.2 Å². The predicted molar refractivity (Wildman–Crippen MR) is 83.0 cm³/mol. The molecule has 1 aliphatic carbocycles. The van der Waals surface area contributed by atoms with Crippen LogP contribution in [-0.4, -0.2) is 37.4 Å². The van der Waals surface area contributed by atoms with Gasteiger partial charge in [0.05, 0.1) is 19.8 Å². The van der Waals surface area contributed by atoms with Crippen LogP contribution in [0, 0.1) is 23.7 Å². The second-order valence-corrected chi connectivity index (χ2v) is 6.48. The van der Waals surface area contributed by atoms with Crippen molar-refractivity contribution in [1.82, 2.24) is 5.32 Å². The van der Waals surface area contributed by atoms with Crippen molar-refractivity contribution in [1.29, 1.82) is 0 Å². The van der Waals surface area contributed by atoms with Gasteiger partial charge >= 0.3 is 5.97 Å². The Morgan fingerprint density at radius 3 is 2.57 bits per heavy atom. The molecular weight excluding hydrogens is 267 g/mol. The van der Waals surface area contributed by atoms with Crippen LogP contribution < -0.4 is 11.1 Å². The number of aliphatic carboxylic acids is 1. The lowest BCUT2D eigenvalue weighted by molar-refractivity contribution is -0.146. The van der Waals surface area contributed by atoms with E-state index in [-0.39, 0.29) is 17.7 Å². The standard InChI is InChI=1S/C15H27BN2O3/c1-9(2)13(17)14(19)18-8-11-4-3-10(5-6-16)7-12(11)15(20)21/h9-13H,3-8,17H2,1-2H3,(H,18,19)(H,20,21)/t10-,11+,12-,13-/m0/s1. The van der Waals surface area contributed by atoms with Crippen LogP contribution in [0.1, 0.15) is 39.5 Å². The van der Waals surface area contributed by atoms with Gasteiger partial charge in [0, 0.05) is 6.54 Å². The van der Waals surface area contributed by atoms with Gasteiger partial charge in [0.15, 0.2) is 0 Å². The summed E-state index contributed by atoms with van der Waals surface area (Å²) in [7, 11) is 5.56. The van der Waals surface area contributed by atoms with Gasteiger partial charge in [-0.3, -0.25) is 9.59 Å². The van der Waals surface area contributed by atoms with Gasteiger partial charge < -0.3 is 16.2 Å². The molecule has 0 heterocycles. The molecular formula is C15H27BN2O3. The Morgan fingerprint density at radius 2 is 2.05 bits per heavy atom. The van der Waals surface area contributed by atoms with Gasteiger partial charge in [0.25, 0.3) is 0 Å². The number of amides is 1. The maximum Gasteiger partial charge on any atom is 0.306 e. The van der Waals surface area contributed by atoms with E-state index < -0.39 is 17.9 Å². The molecule has 0 aliphatic heterocycles. The smallest absolute Gasteiger partial charge is 0.306 e. The molecule has 4 N–H and O–H groups in total. The number of hydrogen-bond donors (Lipinski definition) is 3. The second kappa shape index (κ2) is 8.42. The maximum absolute atomic E-state index is 11.9. The molecule has 0 bridgehead atoms. The van der Waals surface area contributed by atoms with Gasteiger partial charge in [-0.2, -0.15) is 0 Å². The first kappa shape index (κ1) is 18.0. The third-order valence-corrected chi connectivity index (χ3v) is 4.55.